The Morgan fingerprint density at radius 3 is 1.70 bits per heavy atom. The van der Waals surface area contributed by atoms with Gasteiger partial charge in [0.25, 0.3) is 5.88 Å². The Labute approximate surface area is 210 Å². The molecular weight excluding hydrogens is 608 g/mol. The fourth-order valence-corrected chi connectivity index (χ4v) is 4.80. The largest absolute Gasteiger partial charge is 1.00 e. The van der Waals surface area contributed by atoms with E-state index in [4.69, 9.17) is 13.6 Å². The fraction of sp³-hybridized carbons (Fsp3) is 0.148. The minimum Gasteiger partial charge on any atom is -0.272 e. The number of benzene rings is 3. The molecule has 0 saturated carbocycles. The molecule has 0 spiro atoms. The first-order chi connectivity index (χ1) is 15.5. The second-order valence-corrected chi connectivity index (χ2v) is 8.75. The summed E-state index contributed by atoms with van der Waals surface area (Å²) in [4.78, 5) is 4.67. The Bertz CT molecular complexity index is 1120. The van der Waals surface area contributed by atoms with Crippen LogP contribution in [0.2, 0.25) is 0 Å². The molecule has 1 heterocycles. The Balaban J connectivity index is 0.00000306. The minimum absolute atomic E-state index is 0. The maximum Gasteiger partial charge on any atom is 1.00 e. The molecular formula is C27H26NO3OsP+. The number of nitrogens with zero attached hydrogens (tertiary/aromatic N) is 1. The van der Waals surface area contributed by atoms with Crippen molar-refractivity contribution in [3.8, 4) is 28.6 Å². The summed E-state index contributed by atoms with van der Waals surface area (Å²) in [6.45, 7) is 8.08. The van der Waals surface area contributed by atoms with E-state index in [0.717, 1.165) is 45.0 Å². The molecule has 0 aliphatic carbocycles. The summed E-state index contributed by atoms with van der Waals surface area (Å²) in [5, 5.41) is 0. The molecule has 1 radical (unpaired) electrons. The van der Waals surface area contributed by atoms with Crippen molar-refractivity contribution < 1.29 is 33.4 Å². The molecule has 169 valence electrons. The molecule has 4 aromatic rings. The molecule has 6 heteroatoms. The Morgan fingerprint density at radius 1 is 0.636 bits per heavy atom. The Hall–Kier alpha value is -2.72. The second kappa shape index (κ2) is 11.4. The third-order valence-corrected chi connectivity index (χ3v) is 6.20. The van der Waals surface area contributed by atoms with Crippen LogP contribution >= 0.6 is 8.60 Å². The normalized spacial score (nSPS) is 10.5. The Morgan fingerprint density at radius 2 is 1.18 bits per heavy atom. The van der Waals surface area contributed by atoms with Gasteiger partial charge in [0.05, 0.1) is 0 Å². The van der Waals surface area contributed by atoms with Crippen molar-refractivity contribution in [1.82, 2.24) is 4.98 Å². The maximum absolute atomic E-state index is 6.35. The van der Waals surface area contributed by atoms with E-state index in [1.165, 1.54) is 0 Å². The van der Waals surface area contributed by atoms with Gasteiger partial charge in [-0.3, -0.25) is 18.6 Å². The Kier molecular flexibility index (Phi) is 8.62. The molecule has 0 saturated heterocycles. The molecule has 0 N–H and O–H groups in total. The van der Waals surface area contributed by atoms with Crippen LogP contribution in [0, 0.1) is 33.8 Å². The predicted octanol–water partition coefficient (Wildman–Crippen LogP) is 7.28. The third kappa shape index (κ3) is 6.20. The molecule has 0 amide bonds. The van der Waals surface area contributed by atoms with Crippen molar-refractivity contribution in [2.24, 2.45) is 0 Å². The van der Waals surface area contributed by atoms with Gasteiger partial charge in [-0.25, -0.2) is 0 Å². The molecule has 0 aliphatic heterocycles. The van der Waals surface area contributed by atoms with Crippen LogP contribution in [0.25, 0.3) is 11.3 Å². The van der Waals surface area contributed by atoms with Gasteiger partial charge in [-0.2, -0.15) is 0 Å². The summed E-state index contributed by atoms with van der Waals surface area (Å²) >= 11 is 0. The summed E-state index contributed by atoms with van der Waals surface area (Å²) in [5.74, 6) is 2.01. The van der Waals surface area contributed by atoms with E-state index < -0.39 is 8.60 Å². The summed E-state index contributed by atoms with van der Waals surface area (Å²) < 4.78 is 18.9. The first-order valence-electron chi connectivity index (χ1n) is 10.5. The van der Waals surface area contributed by atoms with Gasteiger partial charge in [-0.15, -0.1) is 35.9 Å². The zero-order chi connectivity index (χ0) is 22.5. The summed E-state index contributed by atoms with van der Waals surface area (Å²) in [6.07, 6.45) is 0. The van der Waals surface area contributed by atoms with Crippen LogP contribution in [0.15, 0.2) is 78.9 Å². The zero-order valence-corrected chi connectivity index (χ0v) is 22.6. The van der Waals surface area contributed by atoms with E-state index in [9.17, 15) is 0 Å². The van der Waals surface area contributed by atoms with Crippen molar-refractivity contribution in [2.45, 2.75) is 27.7 Å². The van der Waals surface area contributed by atoms with Crippen molar-refractivity contribution in [3.05, 3.63) is 107 Å². The number of para-hydroxylation sites is 2. The standard InChI is InChI=1S/C27H26NO3P.Os/c1-19-11-8-12-20(2)26(19)30-32(31-27-21(3)13-9-14-22(27)4)29-25-18-10-17-24(28-25)23-15-6-5-7-16-23;/h5-15,17-18,32H,1-4H3;/q;+1. The molecule has 0 bridgehead atoms. The fourth-order valence-electron chi connectivity index (χ4n) is 3.41. The van der Waals surface area contributed by atoms with Crippen LogP contribution in [-0.2, 0) is 19.8 Å². The molecule has 1 aromatic heterocycles. The smallest absolute Gasteiger partial charge is 0.272 e. The van der Waals surface area contributed by atoms with Gasteiger partial charge in [0.2, 0.25) is 0 Å². The van der Waals surface area contributed by atoms with Gasteiger partial charge in [0, 0.05) is 6.07 Å². The number of hydrogen-bond acceptors (Lipinski definition) is 4. The number of aryl methyl sites for hydroxylation is 4. The SMILES string of the molecule is Cc1cccc(C)c1O[PH+](Oc1cccc(-c2[c-]cccc2)n1)Oc1c(C)cccc1C.[Os+]. The van der Waals surface area contributed by atoms with Crippen LogP contribution in [0.1, 0.15) is 22.3 Å². The number of rotatable bonds is 7. The van der Waals surface area contributed by atoms with Crippen molar-refractivity contribution >= 4 is 8.60 Å². The van der Waals surface area contributed by atoms with Crippen molar-refractivity contribution in [2.75, 3.05) is 0 Å². The summed E-state index contributed by atoms with van der Waals surface area (Å²) in [6, 6.07) is 28.7. The topological polar surface area (TPSA) is 40.6 Å². The molecule has 4 rings (SSSR count). The maximum atomic E-state index is 6.35. The monoisotopic (exact) mass is 635 g/mol. The third-order valence-electron chi connectivity index (χ3n) is 5.08. The molecule has 0 atom stereocenters. The van der Waals surface area contributed by atoms with Gasteiger partial charge in [0.1, 0.15) is 0 Å². The molecule has 33 heavy (non-hydrogen) atoms. The summed E-state index contributed by atoms with van der Waals surface area (Å²) in [7, 11) is -2.26. The van der Waals surface area contributed by atoms with Crippen molar-refractivity contribution in [1.29, 1.82) is 0 Å². The van der Waals surface area contributed by atoms with E-state index in [1.807, 2.05) is 107 Å². The van der Waals surface area contributed by atoms with Gasteiger partial charge >= 0.3 is 28.4 Å². The average molecular weight is 634 g/mol. The van der Waals surface area contributed by atoms with E-state index in [1.54, 1.807) is 0 Å². The van der Waals surface area contributed by atoms with E-state index >= 15 is 0 Å². The number of pyridine rings is 1. The first-order valence-corrected chi connectivity index (χ1v) is 11.7. The number of hydrogen-bond donors (Lipinski definition) is 0. The summed E-state index contributed by atoms with van der Waals surface area (Å²) in [5.41, 5.74) is 5.80. The van der Waals surface area contributed by atoms with Crippen LogP contribution < -0.4 is 13.6 Å². The van der Waals surface area contributed by atoms with Crippen LogP contribution in [0.5, 0.6) is 17.4 Å². The van der Waals surface area contributed by atoms with E-state index in [0.29, 0.717) is 5.88 Å². The van der Waals surface area contributed by atoms with Gasteiger partial charge < -0.3 is 0 Å². The quantitative estimate of drug-likeness (QED) is 0.159. The second-order valence-electron chi connectivity index (χ2n) is 7.64. The molecule has 4 nitrogen and oxygen atoms in total. The van der Waals surface area contributed by atoms with Gasteiger partial charge in [0.15, 0.2) is 11.5 Å². The molecule has 0 unspecified atom stereocenters. The van der Waals surface area contributed by atoms with E-state index in [-0.39, 0.29) is 19.8 Å². The number of aromatic nitrogens is 1. The first kappa shape index (κ1) is 24.9. The van der Waals surface area contributed by atoms with Crippen LogP contribution in [0.3, 0.4) is 0 Å². The van der Waals surface area contributed by atoms with Crippen LogP contribution in [0.4, 0.5) is 0 Å². The van der Waals surface area contributed by atoms with Crippen LogP contribution in [-0.4, -0.2) is 4.98 Å². The minimum atomic E-state index is -2.26. The molecule has 3 aromatic carbocycles. The zero-order valence-electron chi connectivity index (χ0n) is 19.0. The van der Waals surface area contributed by atoms with E-state index in [2.05, 4.69) is 11.1 Å². The van der Waals surface area contributed by atoms with Gasteiger partial charge in [-0.1, -0.05) is 48.5 Å². The molecule has 0 aliphatic rings. The van der Waals surface area contributed by atoms with Gasteiger partial charge in [-0.05, 0) is 55.6 Å². The average Bonchev–Trinajstić information content (AvgIpc) is 2.79. The van der Waals surface area contributed by atoms with Crippen molar-refractivity contribution in [3.63, 3.8) is 0 Å². The molecule has 0 fully saturated rings. The predicted molar refractivity (Wildman–Crippen MR) is 131 cm³/mol.